The van der Waals surface area contributed by atoms with Crippen LogP contribution in [0, 0.1) is 15.5 Å². The van der Waals surface area contributed by atoms with Gasteiger partial charge in [0, 0.05) is 35.8 Å². The fourth-order valence-electron chi connectivity index (χ4n) is 6.27. The van der Waals surface area contributed by atoms with Crippen LogP contribution < -0.4 is 10.1 Å². The summed E-state index contributed by atoms with van der Waals surface area (Å²) in [6.45, 7) is 0.322. The Labute approximate surface area is 195 Å². The first-order valence-corrected chi connectivity index (χ1v) is 11.0. The van der Waals surface area contributed by atoms with E-state index in [9.17, 15) is 19.7 Å². The highest BCUT2D eigenvalue weighted by Gasteiger charge is 2.75. The molecule has 6 rings (SSSR count). The van der Waals surface area contributed by atoms with Gasteiger partial charge < -0.3 is 10.1 Å². The highest BCUT2D eigenvalue weighted by molar-refractivity contribution is 6.15. The van der Waals surface area contributed by atoms with E-state index >= 15 is 0 Å². The number of likely N-dealkylation sites (N-methyl/N-ethyl adjacent to an activating group) is 1. The third-order valence-corrected chi connectivity index (χ3v) is 7.64. The van der Waals surface area contributed by atoms with Crippen LogP contribution in [0.1, 0.15) is 27.4 Å². The molecule has 3 aromatic carbocycles. The van der Waals surface area contributed by atoms with Crippen molar-refractivity contribution in [1.82, 2.24) is 4.90 Å². The summed E-state index contributed by atoms with van der Waals surface area (Å²) in [5.74, 6) is -0.523. The fraction of sp³-hybridized carbons (Fsp3) is 0.231. The van der Waals surface area contributed by atoms with E-state index in [-0.39, 0.29) is 24.0 Å². The standard InChI is InChI=1S/C26H21N3O5/c1-28-14-20(16-7-6-8-17(13-16)29(32)33)25(15-34-22-12-5-2-9-18(22)23(25)30)26(28)19-10-3-4-11-21(19)27-24(26)31/h2-13,20H,14-15H2,1H3,(H,27,31)/t20-,25-,26-/m0/s1. The molecule has 1 fully saturated rings. The molecule has 2 spiro atoms. The van der Waals surface area contributed by atoms with Crippen molar-refractivity contribution in [2.24, 2.45) is 5.41 Å². The number of hydrogen-bond acceptors (Lipinski definition) is 6. The van der Waals surface area contributed by atoms with Crippen LogP contribution in [0.2, 0.25) is 0 Å². The third kappa shape index (κ3) is 2.35. The molecule has 3 aliphatic heterocycles. The van der Waals surface area contributed by atoms with Crippen molar-refractivity contribution in [3.8, 4) is 5.75 Å². The first-order valence-electron chi connectivity index (χ1n) is 11.0. The van der Waals surface area contributed by atoms with Crippen LogP contribution in [0.15, 0.2) is 72.8 Å². The Morgan fingerprint density at radius 2 is 1.82 bits per heavy atom. The summed E-state index contributed by atoms with van der Waals surface area (Å²) < 4.78 is 6.20. The Bertz CT molecular complexity index is 1390. The lowest BCUT2D eigenvalue weighted by Crippen LogP contribution is -2.62. The highest BCUT2D eigenvalue weighted by atomic mass is 16.6. The van der Waals surface area contributed by atoms with E-state index in [4.69, 9.17) is 4.74 Å². The van der Waals surface area contributed by atoms with Crippen molar-refractivity contribution >= 4 is 23.1 Å². The summed E-state index contributed by atoms with van der Waals surface area (Å²) in [4.78, 5) is 41.4. The Balaban J connectivity index is 1.66. The number of Topliss-reactive ketones (excluding diaryl/α,β-unsaturated/α-hetero) is 1. The molecular weight excluding hydrogens is 434 g/mol. The van der Waals surface area contributed by atoms with Crippen LogP contribution in [-0.2, 0) is 10.3 Å². The molecule has 0 unspecified atom stereocenters. The van der Waals surface area contributed by atoms with Gasteiger partial charge in [0.2, 0.25) is 0 Å². The molecule has 0 saturated carbocycles. The number of non-ortho nitro benzene ring substituents is 1. The van der Waals surface area contributed by atoms with Gasteiger partial charge in [0.1, 0.15) is 23.3 Å². The van der Waals surface area contributed by atoms with Crippen molar-refractivity contribution in [3.05, 3.63) is 99.6 Å². The minimum atomic E-state index is -1.33. The smallest absolute Gasteiger partial charge is 0.269 e. The molecule has 8 heteroatoms. The van der Waals surface area contributed by atoms with Gasteiger partial charge in [-0.05, 0) is 30.8 Å². The molecule has 1 N–H and O–H groups in total. The Hall–Kier alpha value is -4.04. The van der Waals surface area contributed by atoms with Crippen LogP contribution in [0.25, 0.3) is 0 Å². The molecule has 3 aliphatic rings. The number of nitrogens with zero attached hydrogens (tertiary/aromatic N) is 2. The number of nitro groups is 1. The number of carbonyl (C=O) groups excluding carboxylic acids is 2. The van der Waals surface area contributed by atoms with Crippen molar-refractivity contribution in [1.29, 1.82) is 0 Å². The van der Waals surface area contributed by atoms with Crippen LogP contribution in [0.5, 0.6) is 5.75 Å². The van der Waals surface area contributed by atoms with Gasteiger partial charge in [-0.2, -0.15) is 0 Å². The second kappa shape index (κ2) is 6.98. The maximum Gasteiger partial charge on any atom is 0.269 e. The van der Waals surface area contributed by atoms with Gasteiger partial charge in [-0.25, -0.2) is 0 Å². The molecule has 8 nitrogen and oxygen atoms in total. The molecule has 3 heterocycles. The molecule has 34 heavy (non-hydrogen) atoms. The number of ketones is 1. The number of nitrogens with one attached hydrogen (secondary N) is 1. The van der Waals surface area contributed by atoms with Crippen molar-refractivity contribution in [3.63, 3.8) is 0 Å². The van der Waals surface area contributed by atoms with Gasteiger partial charge in [0.25, 0.3) is 11.6 Å². The van der Waals surface area contributed by atoms with Crippen LogP contribution in [-0.4, -0.2) is 41.7 Å². The average molecular weight is 455 g/mol. The van der Waals surface area contributed by atoms with E-state index in [1.165, 1.54) is 12.1 Å². The topological polar surface area (TPSA) is 102 Å². The number of amides is 1. The number of ether oxygens (including phenoxy) is 1. The number of likely N-dealkylation sites (tertiary alicyclic amines) is 1. The zero-order valence-corrected chi connectivity index (χ0v) is 18.4. The number of fused-ring (bicyclic) bond motifs is 4. The summed E-state index contributed by atoms with van der Waals surface area (Å²) in [5, 5.41) is 14.5. The van der Waals surface area contributed by atoms with Gasteiger partial charge in [-0.3, -0.25) is 24.6 Å². The number of hydrogen-bond donors (Lipinski definition) is 1. The van der Waals surface area contributed by atoms with E-state index in [2.05, 4.69) is 5.32 Å². The minimum Gasteiger partial charge on any atom is -0.492 e. The molecular formula is C26H21N3O5. The molecule has 3 aromatic rings. The largest absolute Gasteiger partial charge is 0.492 e. The minimum absolute atomic E-state index is 0.0255. The van der Waals surface area contributed by atoms with Crippen molar-refractivity contribution < 1.29 is 19.2 Å². The quantitative estimate of drug-likeness (QED) is 0.467. The van der Waals surface area contributed by atoms with E-state index in [1.807, 2.05) is 36.2 Å². The first-order chi connectivity index (χ1) is 16.4. The fourth-order valence-corrected chi connectivity index (χ4v) is 6.27. The zero-order chi connectivity index (χ0) is 23.7. The number of anilines is 1. The van der Waals surface area contributed by atoms with E-state index < -0.39 is 21.8 Å². The van der Waals surface area contributed by atoms with Gasteiger partial charge in [-0.1, -0.05) is 42.5 Å². The van der Waals surface area contributed by atoms with Crippen LogP contribution in [0.3, 0.4) is 0 Å². The molecule has 0 aromatic heterocycles. The Kier molecular flexibility index (Phi) is 4.22. The number of rotatable bonds is 2. The van der Waals surface area contributed by atoms with Crippen LogP contribution in [0.4, 0.5) is 11.4 Å². The molecule has 1 saturated heterocycles. The van der Waals surface area contributed by atoms with E-state index in [1.54, 1.807) is 36.4 Å². The molecule has 0 bridgehead atoms. The number of nitro benzene ring substituents is 1. The number of para-hydroxylation sites is 2. The van der Waals surface area contributed by atoms with Gasteiger partial charge >= 0.3 is 0 Å². The normalized spacial score (nSPS) is 27.4. The Morgan fingerprint density at radius 1 is 1.06 bits per heavy atom. The van der Waals surface area contributed by atoms with Crippen molar-refractivity contribution in [2.75, 3.05) is 25.5 Å². The van der Waals surface area contributed by atoms with E-state index in [0.29, 0.717) is 34.7 Å². The highest BCUT2D eigenvalue weighted by Crippen LogP contribution is 2.64. The molecule has 170 valence electrons. The second-order valence-electron chi connectivity index (χ2n) is 9.08. The maximum atomic E-state index is 14.5. The first kappa shape index (κ1) is 20.6. The monoisotopic (exact) mass is 455 g/mol. The third-order valence-electron chi connectivity index (χ3n) is 7.64. The van der Waals surface area contributed by atoms with Crippen molar-refractivity contribution in [2.45, 2.75) is 11.5 Å². The molecule has 0 radical (unpaired) electrons. The molecule has 3 atom stereocenters. The predicted octanol–water partition coefficient (Wildman–Crippen LogP) is 3.73. The maximum absolute atomic E-state index is 14.5. The zero-order valence-electron chi connectivity index (χ0n) is 18.4. The molecule has 0 aliphatic carbocycles. The second-order valence-corrected chi connectivity index (χ2v) is 9.08. The average Bonchev–Trinajstić information content (AvgIpc) is 3.30. The summed E-state index contributed by atoms with van der Waals surface area (Å²) in [6.07, 6.45) is 0. The summed E-state index contributed by atoms with van der Waals surface area (Å²) >= 11 is 0. The predicted molar refractivity (Wildman–Crippen MR) is 124 cm³/mol. The van der Waals surface area contributed by atoms with E-state index in [0.717, 1.165) is 0 Å². The molecule has 1 amide bonds. The summed E-state index contributed by atoms with van der Waals surface area (Å²) in [7, 11) is 1.83. The lowest BCUT2D eigenvalue weighted by atomic mass is 9.57. The van der Waals surface area contributed by atoms with Gasteiger partial charge in [-0.15, -0.1) is 0 Å². The lowest BCUT2D eigenvalue weighted by molar-refractivity contribution is -0.384. The summed E-state index contributed by atoms with van der Waals surface area (Å²) in [5.41, 5.74) is -0.303. The SMILES string of the molecule is CN1C[C@@H](c2cccc([N+](=O)[O-])c2)[C@]2(COc3ccccc3C2=O)[C@]12C(=O)Nc1ccccc12. The lowest BCUT2D eigenvalue weighted by Gasteiger charge is -2.47. The van der Waals surface area contributed by atoms with Gasteiger partial charge in [0.05, 0.1) is 10.5 Å². The van der Waals surface area contributed by atoms with Crippen LogP contribution >= 0.6 is 0 Å². The number of carbonyl (C=O) groups is 2. The van der Waals surface area contributed by atoms with Gasteiger partial charge in [0.15, 0.2) is 5.78 Å². The number of benzene rings is 3. The summed E-state index contributed by atoms with van der Waals surface area (Å²) in [6, 6.07) is 20.8. The Morgan fingerprint density at radius 3 is 2.65 bits per heavy atom.